The molecule has 7 heteroatoms. The van der Waals surface area contributed by atoms with Gasteiger partial charge in [-0.1, -0.05) is 44.2 Å². The molecule has 1 fully saturated rings. The second-order valence-corrected chi connectivity index (χ2v) is 11.5. The van der Waals surface area contributed by atoms with Gasteiger partial charge in [0.15, 0.2) is 21.0 Å². The van der Waals surface area contributed by atoms with Crippen LogP contribution in [0.1, 0.15) is 59.0 Å². The molecule has 1 atom stereocenters. The van der Waals surface area contributed by atoms with Gasteiger partial charge >= 0.3 is 0 Å². The summed E-state index contributed by atoms with van der Waals surface area (Å²) in [7, 11) is -3.21. The molecule has 0 N–H and O–H groups in total. The fraction of sp³-hybridized carbons (Fsp3) is 0.385. The van der Waals surface area contributed by atoms with E-state index in [9.17, 15) is 18.0 Å². The van der Waals surface area contributed by atoms with Crippen molar-refractivity contribution in [1.29, 1.82) is 0 Å². The first-order valence-electron chi connectivity index (χ1n) is 11.2. The van der Waals surface area contributed by atoms with Crippen molar-refractivity contribution in [3.8, 4) is 0 Å². The number of nitrogens with zero attached hydrogens (tertiary/aromatic N) is 1. The molecule has 1 amide bonds. The lowest BCUT2D eigenvalue weighted by molar-refractivity contribution is 0.0648. The highest BCUT2D eigenvalue weighted by Crippen LogP contribution is 2.25. The van der Waals surface area contributed by atoms with Gasteiger partial charge in [0, 0.05) is 18.7 Å². The van der Waals surface area contributed by atoms with E-state index in [0.29, 0.717) is 23.3 Å². The molecule has 1 aliphatic rings. The van der Waals surface area contributed by atoms with Crippen molar-refractivity contribution in [3.63, 3.8) is 0 Å². The average Bonchev–Trinajstić information content (AvgIpc) is 3.10. The molecule has 6 nitrogen and oxygen atoms in total. The molecular formula is C26H29NO5S. The Morgan fingerprint density at radius 2 is 1.82 bits per heavy atom. The number of amides is 1. The number of carbonyl (C=O) groups excluding carboxylic acids is 1. The monoisotopic (exact) mass is 467 g/mol. The number of carbonyl (C=O) groups is 1. The summed E-state index contributed by atoms with van der Waals surface area (Å²) in [4.78, 5) is 27.9. The van der Waals surface area contributed by atoms with Gasteiger partial charge in [-0.05, 0) is 54.5 Å². The lowest BCUT2D eigenvalue weighted by Crippen LogP contribution is -2.41. The first-order chi connectivity index (χ1) is 15.5. The topological polar surface area (TPSA) is 84.7 Å². The Hall–Kier alpha value is -2.93. The minimum Gasteiger partial charge on any atom is -0.451 e. The van der Waals surface area contributed by atoms with E-state index in [0.717, 1.165) is 16.7 Å². The Labute approximate surface area is 194 Å². The third-order valence-corrected chi connectivity index (χ3v) is 8.04. The summed E-state index contributed by atoms with van der Waals surface area (Å²) in [5.41, 5.74) is 3.89. The van der Waals surface area contributed by atoms with Crippen LogP contribution in [0.5, 0.6) is 0 Å². The predicted molar refractivity (Wildman–Crippen MR) is 129 cm³/mol. The summed E-state index contributed by atoms with van der Waals surface area (Å²) < 4.78 is 30.2. The van der Waals surface area contributed by atoms with Crippen molar-refractivity contribution in [2.45, 2.75) is 52.6 Å². The van der Waals surface area contributed by atoms with Crippen LogP contribution in [0.15, 0.2) is 51.7 Å². The summed E-state index contributed by atoms with van der Waals surface area (Å²) in [5, 5.41) is 0.455. The summed E-state index contributed by atoms with van der Waals surface area (Å²) >= 11 is 0. The lowest BCUT2D eigenvalue weighted by Gasteiger charge is -2.28. The predicted octanol–water partition coefficient (Wildman–Crippen LogP) is 4.36. The molecule has 33 heavy (non-hydrogen) atoms. The normalized spacial score (nSPS) is 17.5. The average molecular weight is 468 g/mol. The highest BCUT2D eigenvalue weighted by Gasteiger charge is 2.36. The van der Waals surface area contributed by atoms with Crippen molar-refractivity contribution in [2.24, 2.45) is 0 Å². The molecule has 0 aliphatic carbocycles. The summed E-state index contributed by atoms with van der Waals surface area (Å²) in [6.45, 7) is 8.20. The molecule has 1 aliphatic heterocycles. The van der Waals surface area contributed by atoms with Crippen molar-refractivity contribution < 1.29 is 17.6 Å². The number of hydrogen-bond acceptors (Lipinski definition) is 5. The van der Waals surface area contributed by atoms with Crippen LogP contribution in [-0.2, 0) is 16.4 Å². The fourth-order valence-electron chi connectivity index (χ4n) is 4.50. The second kappa shape index (κ2) is 8.78. The van der Waals surface area contributed by atoms with Crippen LogP contribution in [0.3, 0.4) is 0 Å². The minimum atomic E-state index is -3.21. The standard InChI is InChI=1S/C26H29NO5S/c1-16(2)20-7-5-19(6-8-20)14-27(21-9-10-33(30,31)15-21)26(29)24-13-22(28)25-18(4)11-17(3)12-23(25)32-24/h5-8,11-13,16,21H,9-10,14-15H2,1-4H3/t21-/m0/s1. The van der Waals surface area contributed by atoms with Gasteiger partial charge in [-0.25, -0.2) is 8.42 Å². The zero-order valence-electron chi connectivity index (χ0n) is 19.4. The number of sulfone groups is 1. The highest BCUT2D eigenvalue weighted by molar-refractivity contribution is 7.91. The summed E-state index contributed by atoms with van der Waals surface area (Å²) in [5.74, 6) is -0.188. The van der Waals surface area contributed by atoms with Crippen LogP contribution in [0.25, 0.3) is 11.0 Å². The molecule has 0 saturated carbocycles. The van der Waals surface area contributed by atoms with Crippen molar-refractivity contribution in [2.75, 3.05) is 11.5 Å². The molecule has 2 heterocycles. The largest absolute Gasteiger partial charge is 0.451 e. The number of fused-ring (bicyclic) bond motifs is 1. The Kier molecular flexibility index (Phi) is 6.18. The first kappa shape index (κ1) is 23.2. The SMILES string of the molecule is Cc1cc(C)c2c(=O)cc(C(=O)N(Cc3ccc(C(C)C)cc3)[C@H]3CCS(=O)(=O)C3)oc2c1. The van der Waals surface area contributed by atoms with Gasteiger partial charge in [-0.15, -0.1) is 0 Å². The number of hydrogen-bond donors (Lipinski definition) is 0. The van der Waals surface area contributed by atoms with Crippen LogP contribution >= 0.6 is 0 Å². The van der Waals surface area contributed by atoms with Gasteiger partial charge in [0.05, 0.1) is 16.9 Å². The zero-order valence-corrected chi connectivity index (χ0v) is 20.2. The third-order valence-electron chi connectivity index (χ3n) is 6.29. The van der Waals surface area contributed by atoms with E-state index in [1.807, 2.05) is 44.2 Å². The van der Waals surface area contributed by atoms with E-state index in [1.165, 1.54) is 11.6 Å². The van der Waals surface area contributed by atoms with Crippen molar-refractivity contribution in [1.82, 2.24) is 4.90 Å². The molecule has 0 radical (unpaired) electrons. The molecule has 1 saturated heterocycles. The van der Waals surface area contributed by atoms with Gasteiger partial charge in [0.25, 0.3) is 5.91 Å². The number of aryl methyl sites for hydroxylation is 2. The van der Waals surface area contributed by atoms with Gasteiger partial charge < -0.3 is 9.32 Å². The van der Waals surface area contributed by atoms with Crippen molar-refractivity contribution >= 4 is 26.7 Å². The molecule has 2 aromatic carbocycles. The molecule has 0 bridgehead atoms. The first-order valence-corrected chi connectivity index (χ1v) is 13.0. The minimum absolute atomic E-state index is 0.0494. The van der Waals surface area contributed by atoms with E-state index in [1.54, 1.807) is 11.0 Å². The Bertz CT molecular complexity index is 1370. The Morgan fingerprint density at radius 1 is 1.12 bits per heavy atom. The van der Waals surface area contributed by atoms with Gasteiger partial charge in [-0.2, -0.15) is 0 Å². The van der Waals surface area contributed by atoms with E-state index >= 15 is 0 Å². The van der Waals surface area contributed by atoms with Crippen LogP contribution in [-0.4, -0.2) is 36.8 Å². The van der Waals surface area contributed by atoms with Gasteiger partial charge in [0.1, 0.15) is 5.58 Å². The van der Waals surface area contributed by atoms with E-state index in [4.69, 9.17) is 4.42 Å². The molecule has 1 aromatic heterocycles. The summed E-state index contributed by atoms with van der Waals surface area (Å²) in [6, 6.07) is 12.4. The van der Waals surface area contributed by atoms with Crippen LogP contribution in [0.2, 0.25) is 0 Å². The Morgan fingerprint density at radius 3 is 2.42 bits per heavy atom. The van der Waals surface area contributed by atoms with E-state index in [-0.39, 0.29) is 29.2 Å². The molecule has 4 rings (SSSR count). The zero-order chi connectivity index (χ0) is 23.9. The van der Waals surface area contributed by atoms with Gasteiger partial charge in [0.2, 0.25) is 0 Å². The van der Waals surface area contributed by atoms with Crippen LogP contribution < -0.4 is 5.43 Å². The summed E-state index contributed by atoms with van der Waals surface area (Å²) in [6.07, 6.45) is 0.369. The number of rotatable bonds is 5. The molecule has 0 unspecified atom stereocenters. The lowest BCUT2D eigenvalue weighted by atomic mass is 10.0. The Balaban J connectivity index is 1.73. The van der Waals surface area contributed by atoms with Gasteiger partial charge in [-0.3, -0.25) is 9.59 Å². The van der Waals surface area contributed by atoms with E-state index in [2.05, 4.69) is 13.8 Å². The maximum absolute atomic E-state index is 13.6. The molecule has 174 valence electrons. The maximum Gasteiger partial charge on any atom is 0.290 e. The van der Waals surface area contributed by atoms with E-state index < -0.39 is 21.8 Å². The number of benzene rings is 2. The third kappa shape index (κ3) is 4.88. The molecule has 0 spiro atoms. The van der Waals surface area contributed by atoms with Crippen molar-refractivity contribution in [3.05, 3.63) is 80.7 Å². The smallest absolute Gasteiger partial charge is 0.290 e. The van der Waals surface area contributed by atoms with Crippen LogP contribution in [0.4, 0.5) is 0 Å². The fourth-order valence-corrected chi connectivity index (χ4v) is 6.23. The van der Waals surface area contributed by atoms with Crippen LogP contribution in [0, 0.1) is 13.8 Å². The molecular weight excluding hydrogens is 438 g/mol. The maximum atomic E-state index is 13.6. The highest BCUT2D eigenvalue weighted by atomic mass is 32.2. The molecule has 3 aromatic rings. The quantitative estimate of drug-likeness (QED) is 0.557. The second-order valence-electron chi connectivity index (χ2n) is 9.32.